The molecule has 1 aromatic carbocycles. The molecular formula is C22H30N4O3. The second-order valence-corrected chi connectivity index (χ2v) is 9.88. The van der Waals surface area contributed by atoms with E-state index in [-0.39, 0.29) is 11.7 Å². The van der Waals surface area contributed by atoms with Crippen molar-refractivity contribution in [3.05, 3.63) is 42.0 Å². The number of hydrogen-bond acceptors (Lipinski definition) is 4. The van der Waals surface area contributed by atoms with Gasteiger partial charge < -0.3 is 10.1 Å². The number of nitrogens with one attached hydrogen (secondary N) is 1. The Morgan fingerprint density at radius 1 is 1.03 bits per heavy atom. The molecule has 2 aromatic rings. The number of nitrogens with zero attached hydrogens (tertiary/aromatic N) is 3. The maximum absolute atomic E-state index is 13.3. The Balaban J connectivity index is 2.18. The normalized spacial score (nSPS) is 15.4. The van der Waals surface area contributed by atoms with Crippen LogP contribution in [-0.4, -0.2) is 32.7 Å². The van der Waals surface area contributed by atoms with Crippen molar-refractivity contribution < 1.29 is 14.3 Å². The molecule has 0 radical (unpaired) electrons. The van der Waals surface area contributed by atoms with Gasteiger partial charge in [-0.25, -0.2) is 14.6 Å². The van der Waals surface area contributed by atoms with E-state index < -0.39 is 22.6 Å². The number of ether oxygens (including phenoxy) is 1. The molecule has 29 heavy (non-hydrogen) atoms. The molecule has 0 unspecified atom stereocenters. The third kappa shape index (κ3) is 3.86. The number of amides is 2. The first-order valence-electron chi connectivity index (χ1n) is 9.75. The maximum atomic E-state index is 13.3. The summed E-state index contributed by atoms with van der Waals surface area (Å²) >= 11 is 0. The third-order valence-corrected chi connectivity index (χ3v) is 4.57. The Kier molecular flexibility index (Phi) is 4.76. The van der Waals surface area contributed by atoms with Crippen LogP contribution in [0.1, 0.15) is 71.6 Å². The van der Waals surface area contributed by atoms with Crippen LogP contribution >= 0.6 is 0 Å². The summed E-state index contributed by atoms with van der Waals surface area (Å²) in [5, 5.41) is 3.04. The molecule has 7 heteroatoms. The zero-order valence-electron chi connectivity index (χ0n) is 18.5. The van der Waals surface area contributed by atoms with Gasteiger partial charge in [0.15, 0.2) is 5.69 Å². The molecule has 0 spiro atoms. The van der Waals surface area contributed by atoms with E-state index in [2.05, 4.69) is 10.3 Å². The lowest BCUT2D eigenvalue weighted by Gasteiger charge is -2.44. The van der Waals surface area contributed by atoms with Crippen molar-refractivity contribution in [1.29, 1.82) is 0 Å². The van der Waals surface area contributed by atoms with E-state index in [1.54, 1.807) is 11.2 Å². The first-order valence-corrected chi connectivity index (χ1v) is 9.75. The van der Waals surface area contributed by atoms with Gasteiger partial charge in [-0.1, -0.05) is 12.1 Å². The molecule has 0 aliphatic carbocycles. The molecular weight excluding hydrogens is 368 g/mol. The molecule has 1 N–H and O–H groups in total. The summed E-state index contributed by atoms with van der Waals surface area (Å²) in [7, 11) is 0. The summed E-state index contributed by atoms with van der Waals surface area (Å²) in [6.07, 6.45) is 1.62. The van der Waals surface area contributed by atoms with Gasteiger partial charge in [0.25, 0.3) is 0 Å². The average molecular weight is 399 g/mol. The van der Waals surface area contributed by atoms with Crippen LogP contribution in [0.15, 0.2) is 30.6 Å². The zero-order chi connectivity index (χ0) is 21.8. The molecule has 1 aliphatic heterocycles. The van der Waals surface area contributed by atoms with Crippen molar-refractivity contribution in [2.75, 3.05) is 4.90 Å². The largest absolute Gasteiger partial charge is 0.455 e. The molecule has 0 saturated heterocycles. The van der Waals surface area contributed by atoms with Crippen LogP contribution in [0, 0.1) is 0 Å². The topological polar surface area (TPSA) is 76.5 Å². The van der Waals surface area contributed by atoms with Crippen molar-refractivity contribution in [2.45, 2.75) is 72.1 Å². The van der Waals surface area contributed by atoms with E-state index in [4.69, 9.17) is 4.74 Å². The van der Waals surface area contributed by atoms with Crippen LogP contribution in [0.4, 0.5) is 10.5 Å². The smallest absolute Gasteiger partial charge is 0.359 e. The highest BCUT2D eigenvalue weighted by atomic mass is 16.6. The van der Waals surface area contributed by atoms with Crippen molar-refractivity contribution in [3.63, 3.8) is 0 Å². The molecule has 0 saturated carbocycles. The van der Waals surface area contributed by atoms with Gasteiger partial charge in [0.2, 0.25) is 0 Å². The van der Waals surface area contributed by atoms with Crippen LogP contribution in [0.25, 0.3) is 5.69 Å². The number of urea groups is 1. The molecule has 2 heterocycles. The number of fused-ring (bicyclic) bond motifs is 3. The highest BCUT2D eigenvalue weighted by molar-refractivity contribution is 5.99. The minimum Gasteiger partial charge on any atom is -0.455 e. The van der Waals surface area contributed by atoms with Crippen molar-refractivity contribution in [2.24, 2.45) is 0 Å². The number of esters is 1. The van der Waals surface area contributed by atoms with E-state index in [9.17, 15) is 9.59 Å². The summed E-state index contributed by atoms with van der Waals surface area (Å²) in [6, 6.07) is 7.36. The molecule has 156 valence electrons. The second kappa shape index (κ2) is 6.61. The number of carbonyl (C=O) groups excluding carboxylic acids is 2. The van der Waals surface area contributed by atoms with E-state index in [1.807, 2.05) is 84.2 Å². The predicted octanol–water partition coefficient (Wildman–Crippen LogP) is 4.39. The third-order valence-electron chi connectivity index (χ3n) is 4.57. The van der Waals surface area contributed by atoms with Crippen LogP contribution in [-0.2, 0) is 10.3 Å². The number of anilines is 1. The second-order valence-electron chi connectivity index (χ2n) is 9.88. The lowest BCUT2D eigenvalue weighted by Crippen LogP contribution is -2.57. The summed E-state index contributed by atoms with van der Waals surface area (Å²) in [5.41, 5.74) is 0.476. The first-order chi connectivity index (χ1) is 13.2. The fourth-order valence-corrected chi connectivity index (χ4v) is 3.60. The van der Waals surface area contributed by atoms with Gasteiger partial charge in [0.05, 0.1) is 22.6 Å². The Labute approximate surface area is 172 Å². The van der Waals surface area contributed by atoms with E-state index in [0.29, 0.717) is 5.69 Å². The number of rotatable bonds is 1. The Bertz CT molecular complexity index is 961. The number of para-hydroxylation sites is 2. The van der Waals surface area contributed by atoms with Gasteiger partial charge in [-0.2, -0.15) is 0 Å². The van der Waals surface area contributed by atoms with Gasteiger partial charge in [-0.05, 0) is 67.5 Å². The zero-order valence-corrected chi connectivity index (χ0v) is 18.5. The van der Waals surface area contributed by atoms with Gasteiger partial charge in [-0.15, -0.1) is 0 Å². The van der Waals surface area contributed by atoms with Crippen LogP contribution < -0.4 is 10.2 Å². The lowest BCUT2D eigenvalue weighted by atomic mass is 9.91. The van der Waals surface area contributed by atoms with Gasteiger partial charge in [0, 0.05) is 5.54 Å². The summed E-state index contributed by atoms with van der Waals surface area (Å²) in [4.78, 5) is 32.3. The molecule has 0 fully saturated rings. The van der Waals surface area contributed by atoms with E-state index in [1.165, 1.54) is 0 Å². The molecule has 3 rings (SSSR count). The number of hydrogen-bond donors (Lipinski definition) is 1. The number of aromatic nitrogens is 2. The highest BCUT2D eigenvalue weighted by Gasteiger charge is 2.45. The van der Waals surface area contributed by atoms with Crippen LogP contribution in [0.5, 0.6) is 0 Å². The summed E-state index contributed by atoms with van der Waals surface area (Å²) in [6.45, 7) is 15.1. The fraction of sp³-hybridized carbons (Fsp3) is 0.500. The molecule has 2 amide bonds. The average Bonchev–Trinajstić information content (AvgIpc) is 2.97. The quantitative estimate of drug-likeness (QED) is 0.723. The molecule has 1 aliphatic rings. The first kappa shape index (κ1) is 20.9. The molecule has 1 aromatic heterocycles. The lowest BCUT2D eigenvalue weighted by molar-refractivity contribution is 0.00601. The fourth-order valence-electron chi connectivity index (χ4n) is 3.60. The van der Waals surface area contributed by atoms with Gasteiger partial charge in [-0.3, -0.25) is 9.47 Å². The minimum absolute atomic E-state index is 0.216. The highest BCUT2D eigenvalue weighted by Crippen LogP contribution is 2.43. The summed E-state index contributed by atoms with van der Waals surface area (Å²) < 4.78 is 7.44. The summed E-state index contributed by atoms with van der Waals surface area (Å²) in [5.74, 6) is -0.505. The van der Waals surface area contributed by atoms with E-state index >= 15 is 0 Å². The number of carbonyl (C=O) groups is 2. The predicted molar refractivity (Wildman–Crippen MR) is 113 cm³/mol. The van der Waals surface area contributed by atoms with Crippen LogP contribution in [0.3, 0.4) is 0 Å². The van der Waals surface area contributed by atoms with Gasteiger partial charge >= 0.3 is 12.0 Å². The standard InChI is InChI=1S/C22H30N4O3/c1-20(2,3)24-19(28)26-15-12-10-9-11-14(15)25-13-23-16(17(25)22(26,7)8)18(27)29-21(4,5)6/h9-13H,1-8H3,(H,24,28). The van der Waals surface area contributed by atoms with Crippen molar-refractivity contribution >= 4 is 17.7 Å². The van der Waals surface area contributed by atoms with Crippen LogP contribution in [0.2, 0.25) is 0 Å². The Morgan fingerprint density at radius 3 is 2.17 bits per heavy atom. The maximum Gasteiger partial charge on any atom is 0.359 e. The van der Waals surface area contributed by atoms with Crippen molar-refractivity contribution in [1.82, 2.24) is 14.9 Å². The van der Waals surface area contributed by atoms with Gasteiger partial charge in [0.1, 0.15) is 11.9 Å². The molecule has 0 bridgehead atoms. The SMILES string of the molecule is CC(C)(C)NC(=O)N1c2ccccc2-n2cnc(C(=O)OC(C)(C)C)c2C1(C)C. The molecule has 0 atom stereocenters. The number of imidazole rings is 1. The monoisotopic (exact) mass is 398 g/mol. The minimum atomic E-state index is -0.841. The Morgan fingerprint density at radius 2 is 1.62 bits per heavy atom. The number of benzene rings is 1. The Hall–Kier alpha value is -2.83. The van der Waals surface area contributed by atoms with E-state index in [0.717, 1.165) is 11.4 Å². The van der Waals surface area contributed by atoms with Crippen molar-refractivity contribution in [3.8, 4) is 5.69 Å². The molecule has 7 nitrogen and oxygen atoms in total.